The Morgan fingerprint density at radius 1 is 1.47 bits per heavy atom. The third-order valence-electron chi connectivity index (χ3n) is 2.67. The molecule has 1 aliphatic heterocycles. The van der Waals surface area contributed by atoms with Crippen molar-refractivity contribution in [1.29, 1.82) is 0 Å². The molecule has 0 aromatic carbocycles. The van der Waals surface area contributed by atoms with Crippen LogP contribution in [0.25, 0.3) is 0 Å². The minimum atomic E-state index is -1.30. The maximum Gasteiger partial charge on any atom is 0.408 e. The molecule has 0 aliphatic carbocycles. The van der Waals surface area contributed by atoms with Crippen LogP contribution in [0.2, 0.25) is 5.15 Å². The van der Waals surface area contributed by atoms with Crippen LogP contribution in [0.3, 0.4) is 0 Å². The highest BCUT2D eigenvalue weighted by atomic mass is 35.5. The molecule has 1 amide bonds. The Morgan fingerprint density at radius 3 is 2.74 bits per heavy atom. The molecule has 0 saturated carbocycles. The lowest BCUT2D eigenvalue weighted by atomic mass is 10.2. The number of amides is 1. The van der Waals surface area contributed by atoms with Crippen molar-refractivity contribution >= 4 is 23.7 Å². The van der Waals surface area contributed by atoms with Gasteiger partial charge in [0.15, 0.2) is 0 Å². The predicted molar refractivity (Wildman–Crippen MR) is 62.2 cm³/mol. The molecule has 0 bridgehead atoms. The highest BCUT2D eigenvalue weighted by Gasteiger charge is 2.41. The van der Waals surface area contributed by atoms with Gasteiger partial charge in [0, 0.05) is 12.6 Å². The zero-order chi connectivity index (χ0) is 14.0. The largest absolute Gasteiger partial charge is 0.480 e. The molecule has 2 rings (SSSR count). The second-order valence-electron chi connectivity index (χ2n) is 3.93. The van der Waals surface area contributed by atoms with E-state index in [4.69, 9.17) is 26.6 Å². The summed E-state index contributed by atoms with van der Waals surface area (Å²) in [6.07, 6.45) is -0.484. The molecule has 2 atom stereocenters. The summed E-state index contributed by atoms with van der Waals surface area (Å²) in [6.45, 7) is -0.0534. The number of halogens is 1. The lowest BCUT2D eigenvalue weighted by molar-refractivity contribution is -0.141. The third kappa shape index (κ3) is 3.02. The minimum absolute atomic E-state index is 0.00567. The molecule has 1 aliphatic rings. The van der Waals surface area contributed by atoms with Crippen LogP contribution in [0.1, 0.15) is 6.42 Å². The summed E-state index contributed by atoms with van der Waals surface area (Å²) in [4.78, 5) is 30.3. The predicted octanol–water partition coefficient (Wildman–Crippen LogP) is 0.714. The van der Waals surface area contributed by atoms with Gasteiger partial charge in [-0.3, -0.25) is 4.90 Å². The third-order valence-corrected chi connectivity index (χ3v) is 2.88. The number of ether oxygens (including phenoxy) is 1. The van der Waals surface area contributed by atoms with Crippen LogP contribution in [0.4, 0.5) is 4.79 Å². The van der Waals surface area contributed by atoms with E-state index in [9.17, 15) is 9.59 Å². The second-order valence-corrected chi connectivity index (χ2v) is 4.31. The van der Waals surface area contributed by atoms with Crippen LogP contribution >= 0.6 is 11.6 Å². The van der Waals surface area contributed by atoms with E-state index in [1.165, 1.54) is 12.3 Å². The molecule has 0 radical (unpaired) electrons. The van der Waals surface area contributed by atoms with E-state index < -0.39 is 24.2 Å². The van der Waals surface area contributed by atoms with E-state index in [1.807, 2.05) is 0 Å². The molecule has 0 spiro atoms. The first-order valence-electron chi connectivity index (χ1n) is 5.35. The molecule has 9 heteroatoms. The van der Waals surface area contributed by atoms with Crippen LogP contribution in [0.5, 0.6) is 6.01 Å². The van der Waals surface area contributed by atoms with Crippen molar-refractivity contribution in [3.8, 4) is 6.01 Å². The summed E-state index contributed by atoms with van der Waals surface area (Å²) >= 11 is 5.66. The highest BCUT2D eigenvalue weighted by Crippen LogP contribution is 2.22. The van der Waals surface area contributed by atoms with Gasteiger partial charge in [-0.1, -0.05) is 11.6 Å². The van der Waals surface area contributed by atoms with Crippen LogP contribution < -0.4 is 4.74 Å². The molecular formula is C10H10ClN3O5. The Balaban J connectivity index is 2.07. The standard InChI is InChI=1S/C10H10ClN3O5/c11-7-1-2-12-9(13-7)19-5-3-6(8(15)16)14(4-5)10(17)18/h1-2,5-6H,3-4H2,(H,15,16)(H,17,18)/t5-,6-/m0/s1. The van der Waals surface area contributed by atoms with Gasteiger partial charge in [0.1, 0.15) is 17.3 Å². The number of aliphatic carboxylic acids is 1. The lowest BCUT2D eigenvalue weighted by Crippen LogP contribution is -2.39. The van der Waals surface area contributed by atoms with Gasteiger partial charge in [-0.05, 0) is 6.07 Å². The van der Waals surface area contributed by atoms with Gasteiger partial charge in [-0.2, -0.15) is 4.98 Å². The molecule has 1 fully saturated rings. The van der Waals surface area contributed by atoms with Gasteiger partial charge in [-0.25, -0.2) is 14.6 Å². The Kier molecular flexibility index (Phi) is 3.70. The summed E-state index contributed by atoms with van der Waals surface area (Å²) in [6, 6.07) is 0.336. The SMILES string of the molecule is O=C(O)[C@@H]1C[C@H](Oc2nccc(Cl)n2)CN1C(=O)O. The van der Waals surface area contributed by atoms with E-state index >= 15 is 0 Å². The van der Waals surface area contributed by atoms with Crippen molar-refractivity contribution in [2.24, 2.45) is 0 Å². The molecule has 102 valence electrons. The van der Waals surface area contributed by atoms with Gasteiger partial charge in [0.2, 0.25) is 0 Å². The molecule has 8 nitrogen and oxygen atoms in total. The quantitative estimate of drug-likeness (QED) is 0.787. The summed E-state index contributed by atoms with van der Waals surface area (Å²) in [5.41, 5.74) is 0. The smallest absolute Gasteiger partial charge is 0.408 e. The van der Waals surface area contributed by atoms with Crippen molar-refractivity contribution in [1.82, 2.24) is 14.9 Å². The first kappa shape index (κ1) is 13.3. The summed E-state index contributed by atoms with van der Waals surface area (Å²) in [7, 11) is 0. The zero-order valence-electron chi connectivity index (χ0n) is 9.56. The summed E-state index contributed by atoms with van der Waals surface area (Å²) in [5, 5.41) is 18.1. The van der Waals surface area contributed by atoms with E-state index in [1.54, 1.807) is 0 Å². The summed E-state index contributed by atoms with van der Waals surface area (Å²) < 4.78 is 5.34. The Bertz CT molecular complexity index is 490. The van der Waals surface area contributed by atoms with Crippen molar-refractivity contribution in [3.63, 3.8) is 0 Å². The summed E-state index contributed by atoms with van der Waals surface area (Å²) in [5.74, 6) is -1.21. The van der Waals surface area contributed by atoms with Gasteiger partial charge >= 0.3 is 18.1 Å². The van der Waals surface area contributed by atoms with Crippen molar-refractivity contribution in [2.75, 3.05) is 6.54 Å². The topological polar surface area (TPSA) is 113 Å². The average molecular weight is 288 g/mol. The van der Waals surface area contributed by atoms with E-state index in [2.05, 4.69) is 9.97 Å². The number of aromatic nitrogens is 2. The first-order valence-corrected chi connectivity index (χ1v) is 5.72. The van der Waals surface area contributed by atoms with Gasteiger partial charge in [-0.15, -0.1) is 0 Å². The number of rotatable bonds is 3. The Hall–Kier alpha value is -2.09. The molecule has 2 heterocycles. The number of carboxylic acids is 1. The fourth-order valence-corrected chi connectivity index (χ4v) is 1.98. The molecule has 1 aromatic heterocycles. The van der Waals surface area contributed by atoms with Gasteiger partial charge in [0.05, 0.1) is 6.54 Å². The van der Waals surface area contributed by atoms with Gasteiger partial charge in [0.25, 0.3) is 0 Å². The fourth-order valence-electron chi connectivity index (χ4n) is 1.85. The minimum Gasteiger partial charge on any atom is -0.480 e. The van der Waals surface area contributed by atoms with Crippen LogP contribution in [0.15, 0.2) is 12.3 Å². The molecule has 19 heavy (non-hydrogen) atoms. The number of carbonyl (C=O) groups is 2. The first-order chi connectivity index (χ1) is 8.97. The molecule has 0 unspecified atom stereocenters. The van der Waals surface area contributed by atoms with Crippen molar-refractivity contribution < 1.29 is 24.5 Å². The Labute approximate surface area is 112 Å². The number of likely N-dealkylation sites (tertiary alicyclic amines) is 1. The number of hydrogen-bond acceptors (Lipinski definition) is 5. The number of hydrogen-bond donors (Lipinski definition) is 2. The normalized spacial score (nSPS) is 22.3. The number of carboxylic acid groups (broad SMARTS) is 2. The maximum absolute atomic E-state index is 11.0. The Morgan fingerprint density at radius 2 is 2.21 bits per heavy atom. The van der Waals surface area contributed by atoms with Gasteiger partial charge < -0.3 is 14.9 Å². The van der Waals surface area contributed by atoms with E-state index in [0.717, 1.165) is 4.90 Å². The van der Waals surface area contributed by atoms with E-state index in [-0.39, 0.29) is 24.1 Å². The van der Waals surface area contributed by atoms with Crippen LogP contribution in [-0.2, 0) is 4.79 Å². The lowest BCUT2D eigenvalue weighted by Gasteiger charge is -2.16. The monoisotopic (exact) mass is 287 g/mol. The number of nitrogens with zero attached hydrogens (tertiary/aromatic N) is 3. The second kappa shape index (κ2) is 5.27. The average Bonchev–Trinajstić information content (AvgIpc) is 2.73. The highest BCUT2D eigenvalue weighted by molar-refractivity contribution is 6.29. The molecular weight excluding hydrogens is 278 g/mol. The van der Waals surface area contributed by atoms with Crippen LogP contribution in [-0.4, -0.2) is 55.8 Å². The zero-order valence-corrected chi connectivity index (χ0v) is 10.3. The maximum atomic E-state index is 11.0. The molecule has 1 saturated heterocycles. The van der Waals surface area contributed by atoms with Crippen molar-refractivity contribution in [2.45, 2.75) is 18.6 Å². The molecule has 2 N–H and O–H groups in total. The van der Waals surface area contributed by atoms with Crippen molar-refractivity contribution in [3.05, 3.63) is 17.4 Å². The van der Waals surface area contributed by atoms with E-state index in [0.29, 0.717) is 0 Å². The fraction of sp³-hybridized carbons (Fsp3) is 0.400. The molecule has 1 aromatic rings. The van der Waals surface area contributed by atoms with Crippen LogP contribution in [0, 0.1) is 0 Å².